The van der Waals surface area contributed by atoms with Gasteiger partial charge in [0.25, 0.3) is 0 Å². The molecule has 0 saturated carbocycles. The highest BCUT2D eigenvalue weighted by Crippen LogP contribution is 2.25. The Hall–Kier alpha value is -2.47. The van der Waals surface area contributed by atoms with Gasteiger partial charge < -0.3 is 4.74 Å². The van der Waals surface area contributed by atoms with E-state index in [1.54, 1.807) is 36.7 Å². The molecule has 21 heavy (non-hydrogen) atoms. The quantitative estimate of drug-likeness (QED) is 0.698. The molecule has 3 aromatic rings. The number of ether oxygens (including phenoxy) is 1. The third kappa shape index (κ3) is 2.57. The van der Waals surface area contributed by atoms with E-state index in [-0.39, 0.29) is 0 Å². The second-order valence-electron chi connectivity index (χ2n) is 4.21. The zero-order chi connectivity index (χ0) is 14.8. The van der Waals surface area contributed by atoms with Crippen LogP contribution in [0, 0.1) is 5.82 Å². The van der Waals surface area contributed by atoms with Gasteiger partial charge in [0, 0.05) is 17.8 Å². The van der Waals surface area contributed by atoms with Crippen LogP contribution in [0.5, 0.6) is 5.75 Å². The van der Waals surface area contributed by atoms with Crippen LogP contribution < -0.4 is 4.74 Å². The van der Waals surface area contributed by atoms with E-state index in [0.717, 1.165) is 0 Å². The number of hydrogen-bond acceptors (Lipinski definition) is 4. The van der Waals surface area contributed by atoms with Gasteiger partial charge in [0.1, 0.15) is 22.9 Å². The Kier molecular flexibility index (Phi) is 3.53. The van der Waals surface area contributed by atoms with Gasteiger partial charge in [-0.3, -0.25) is 0 Å². The summed E-state index contributed by atoms with van der Waals surface area (Å²) in [6, 6.07) is 8.03. The predicted octanol–water partition coefficient (Wildman–Crippen LogP) is 3.13. The monoisotopic (exact) mass is 304 g/mol. The summed E-state index contributed by atoms with van der Waals surface area (Å²) in [7, 11) is 1.48. The van der Waals surface area contributed by atoms with Crippen molar-refractivity contribution in [1.82, 2.24) is 20.0 Å². The maximum absolute atomic E-state index is 14.0. The number of nitrogens with zero attached hydrogens (tertiary/aromatic N) is 4. The second-order valence-corrected chi connectivity index (χ2v) is 4.57. The second kappa shape index (κ2) is 5.49. The third-order valence-corrected chi connectivity index (χ3v) is 3.22. The van der Waals surface area contributed by atoms with Crippen LogP contribution in [0.2, 0.25) is 5.15 Å². The van der Waals surface area contributed by atoms with Gasteiger partial charge in [0.2, 0.25) is 0 Å². The van der Waals surface area contributed by atoms with E-state index >= 15 is 0 Å². The van der Waals surface area contributed by atoms with Crippen LogP contribution in [0.25, 0.3) is 16.9 Å². The number of methoxy groups -OCH3 is 1. The molecule has 0 amide bonds. The van der Waals surface area contributed by atoms with Crippen molar-refractivity contribution in [2.45, 2.75) is 0 Å². The van der Waals surface area contributed by atoms with Crippen LogP contribution in [0.15, 0.2) is 42.7 Å². The maximum atomic E-state index is 14.0. The molecule has 0 radical (unpaired) electrons. The van der Waals surface area contributed by atoms with Gasteiger partial charge in [-0.25, -0.2) is 14.1 Å². The number of halogens is 2. The normalized spacial score (nSPS) is 10.6. The zero-order valence-electron chi connectivity index (χ0n) is 11.0. The summed E-state index contributed by atoms with van der Waals surface area (Å²) >= 11 is 5.99. The number of hydrogen-bond donors (Lipinski definition) is 0. The molecule has 0 saturated heterocycles. The Morgan fingerprint density at radius 2 is 2.14 bits per heavy atom. The maximum Gasteiger partial charge on any atom is 0.154 e. The lowest BCUT2D eigenvalue weighted by Crippen LogP contribution is -1.96. The lowest BCUT2D eigenvalue weighted by Gasteiger charge is -2.03. The van der Waals surface area contributed by atoms with Crippen molar-refractivity contribution in [3.8, 4) is 22.7 Å². The number of pyridine rings is 1. The molecule has 2 aromatic heterocycles. The van der Waals surface area contributed by atoms with Crippen molar-refractivity contribution < 1.29 is 9.13 Å². The Labute approximate surface area is 125 Å². The highest BCUT2D eigenvalue weighted by atomic mass is 35.5. The van der Waals surface area contributed by atoms with Crippen molar-refractivity contribution in [2.24, 2.45) is 0 Å². The molecule has 7 heteroatoms. The van der Waals surface area contributed by atoms with Crippen molar-refractivity contribution in [1.29, 1.82) is 0 Å². The molecule has 0 N–H and O–H groups in total. The van der Waals surface area contributed by atoms with E-state index in [9.17, 15) is 4.39 Å². The molecule has 0 fully saturated rings. The smallest absolute Gasteiger partial charge is 0.154 e. The summed E-state index contributed by atoms with van der Waals surface area (Å²) in [6.45, 7) is 0. The number of aromatic nitrogens is 4. The topological polar surface area (TPSA) is 52.8 Å². The van der Waals surface area contributed by atoms with Gasteiger partial charge >= 0.3 is 0 Å². The highest BCUT2D eigenvalue weighted by Gasteiger charge is 2.12. The van der Waals surface area contributed by atoms with E-state index in [1.807, 2.05) is 0 Å². The van der Waals surface area contributed by atoms with Gasteiger partial charge in [0.05, 0.1) is 13.3 Å². The standard InChI is InChI=1S/C14H10ClFN4O/c1-21-9-4-5-10(11(16)7-9)12-8-20(19-18-12)13-3-2-6-17-14(13)15/h2-8H,1H3. The molecule has 0 atom stereocenters. The first-order valence-corrected chi connectivity index (χ1v) is 6.44. The molecule has 0 aliphatic carbocycles. The minimum absolute atomic E-state index is 0.296. The van der Waals surface area contributed by atoms with Gasteiger partial charge in [-0.05, 0) is 24.3 Å². The molecule has 1 aromatic carbocycles. The summed E-state index contributed by atoms with van der Waals surface area (Å²) in [4.78, 5) is 3.96. The summed E-state index contributed by atoms with van der Waals surface area (Å²) in [5.41, 5.74) is 1.31. The Bertz CT molecular complexity index is 790. The minimum atomic E-state index is -0.432. The predicted molar refractivity (Wildman–Crippen MR) is 76.1 cm³/mol. The van der Waals surface area contributed by atoms with Crippen LogP contribution >= 0.6 is 11.6 Å². The Morgan fingerprint density at radius 3 is 2.86 bits per heavy atom. The molecule has 0 aliphatic rings. The molecule has 106 valence electrons. The van der Waals surface area contributed by atoms with Gasteiger partial charge in [0.15, 0.2) is 5.15 Å². The lowest BCUT2D eigenvalue weighted by atomic mass is 10.1. The molecular weight excluding hydrogens is 295 g/mol. The van der Waals surface area contributed by atoms with Crippen LogP contribution in [0.4, 0.5) is 4.39 Å². The molecule has 0 bridgehead atoms. The van der Waals surface area contributed by atoms with Crippen LogP contribution in [0.3, 0.4) is 0 Å². The van der Waals surface area contributed by atoms with Crippen molar-refractivity contribution in [3.05, 3.63) is 53.7 Å². The van der Waals surface area contributed by atoms with Crippen LogP contribution in [-0.4, -0.2) is 27.1 Å². The zero-order valence-corrected chi connectivity index (χ0v) is 11.8. The first kappa shape index (κ1) is 13.5. The van der Waals surface area contributed by atoms with Gasteiger partial charge in [-0.2, -0.15) is 0 Å². The van der Waals surface area contributed by atoms with Gasteiger partial charge in [-0.15, -0.1) is 5.10 Å². The lowest BCUT2D eigenvalue weighted by molar-refractivity contribution is 0.411. The van der Waals surface area contributed by atoms with Crippen molar-refractivity contribution in [2.75, 3.05) is 7.11 Å². The molecular formula is C14H10ClFN4O. The fourth-order valence-electron chi connectivity index (χ4n) is 1.88. The Morgan fingerprint density at radius 1 is 1.29 bits per heavy atom. The summed E-state index contributed by atoms with van der Waals surface area (Å²) < 4.78 is 20.4. The van der Waals surface area contributed by atoms with Crippen LogP contribution in [0.1, 0.15) is 0 Å². The highest BCUT2D eigenvalue weighted by molar-refractivity contribution is 6.31. The fraction of sp³-hybridized carbons (Fsp3) is 0.0714. The molecule has 5 nitrogen and oxygen atoms in total. The summed E-state index contributed by atoms with van der Waals surface area (Å²) in [5.74, 6) is 0.0117. The van der Waals surface area contributed by atoms with E-state index < -0.39 is 5.82 Å². The van der Waals surface area contributed by atoms with Crippen LogP contribution in [-0.2, 0) is 0 Å². The molecule has 0 aliphatic heterocycles. The first-order chi connectivity index (χ1) is 10.2. The average molecular weight is 305 g/mol. The Balaban J connectivity index is 2.01. The number of benzene rings is 1. The third-order valence-electron chi connectivity index (χ3n) is 2.93. The minimum Gasteiger partial charge on any atom is -0.497 e. The summed E-state index contributed by atoms with van der Waals surface area (Å²) in [5, 5.41) is 8.21. The average Bonchev–Trinajstić information content (AvgIpc) is 2.97. The van der Waals surface area contributed by atoms with E-state index in [0.29, 0.717) is 27.8 Å². The largest absolute Gasteiger partial charge is 0.497 e. The van der Waals surface area contributed by atoms with E-state index in [2.05, 4.69) is 15.3 Å². The summed E-state index contributed by atoms with van der Waals surface area (Å²) in [6.07, 6.45) is 3.17. The molecule has 2 heterocycles. The molecule has 0 spiro atoms. The van der Waals surface area contributed by atoms with E-state index in [4.69, 9.17) is 16.3 Å². The SMILES string of the molecule is COc1ccc(-c2cn(-c3cccnc3Cl)nn2)c(F)c1. The number of rotatable bonds is 3. The fourth-order valence-corrected chi connectivity index (χ4v) is 2.09. The first-order valence-electron chi connectivity index (χ1n) is 6.06. The van der Waals surface area contributed by atoms with Crippen molar-refractivity contribution >= 4 is 11.6 Å². The van der Waals surface area contributed by atoms with Crippen molar-refractivity contribution in [3.63, 3.8) is 0 Å². The van der Waals surface area contributed by atoms with E-state index in [1.165, 1.54) is 17.9 Å². The molecule has 0 unspecified atom stereocenters. The molecule has 3 rings (SSSR count). The van der Waals surface area contributed by atoms with Gasteiger partial charge in [-0.1, -0.05) is 16.8 Å².